The molecule has 0 spiro atoms. The zero-order chi connectivity index (χ0) is 17.9. The molecule has 0 unspecified atom stereocenters. The van der Waals surface area contributed by atoms with Crippen LogP contribution in [0.25, 0.3) is 0 Å². The summed E-state index contributed by atoms with van der Waals surface area (Å²) in [7, 11) is 0. The Morgan fingerprint density at radius 1 is 1.19 bits per heavy atom. The highest BCUT2D eigenvalue weighted by Gasteiger charge is 2.32. The highest BCUT2D eigenvalue weighted by atomic mass is 16.2. The van der Waals surface area contributed by atoms with Gasteiger partial charge in [0.25, 0.3) is 5.91 Å². The molecule has 26 heavy (non-hydrogen) atoms. The van der Waals surface area contributed by atoms with Crippen LogP contribution in [0.2, 0.25) is 0 Å². The third-order valence-electron chi connectivity index (χ3n) is 4.95. The molecule has 3 heterocycles. The highest BCUT2D eigenvalue weighted by molar-refractivity contribution is 5.83. The number of aryl methyl sites for hydroxylation is 1. The molecule has 1 aromatic carbocycles. The third-order valence-corrected chi connectivity index (χ3v) is 4.95. The number of benzene rings is 1. The van der Waals surface area contributed by atoms with Crippen LogP contribution in [-0.2, 0) is 4.79 Å². The Bertz CT molecular complexity index is 855. The van der Waals surface area contributed by atoms with Crippen LogP contribution in [0.3, 0.4) is 0 Å². The largest absolute Gasteiger partial charge is 0.338 e. The first-order valence-electron chi connectivity index (χ1n) is 9.06. The molecule has 4 rings (SSSR count). The Hall–Kier alpha value is -2.89. The maximum atomic E-state index is 13.4. The van der Waals surface area contributed by atoms with Crippen molar-refractivity contribution in [3.8, 4) is 0 Å². The van der Waals surface area contributed by atoms with Crippen molar-refractivity contribution < 1.29 is 4.79 Å². The van der Waals surface area contributed by atoms with E-state index in [1.807, 2.05) is 65.3 Å². The van der Waals surface area contributed by atoms with Gasteiger partial charge in [0.15, 0.2) is 6.04 Å². The second-order valence-corrected chi connectivity index (χ2v) is 6.88. The molecule has 0 bridgehead atoms. The van der Waals surface area contributed by atoms with Crippen molar-refractivity contribution in [2.45, 2.75) is 31.8 Å². The SMILES string of the molecule is Cc1cnn([C@@H]2CCCN(C(=O)[C@@H](c3ccccc3)n3cccn3)C2)c1. The molecule has 1 aliphatic heterocycles. The van der Waals surface area contributed by atoms with Gasteiger partial charge in [-0.1, -0.05) is 30.3 Å². The van der Waals surface area contributed by atoms with Crippen LogP contribution >= 0.6 is 0 Å². The van der Waals surface area contributed by atoms with E-state index in [0.717, 1.165) is 30.5 Å². The Morgan fingerprint density at radius 3 is 2.73 bits per heavy atom. The average Bonchev–Trinajstić information content (AvgIpc) is 3.35. The molecule has 0 radical (unpaired) electrons. The van der Waals surface area contributed by atoms with Crippen LogP contribution in [0.15, 0.2) is 61.2 Å². The first-order valence-corrected chi connectivity index (χ1v) is 9.06. The molecule has 0 saturated carbocycles. The topological polar surface area (TPSA) is 56.0 Å². The van der Waals surface area contributed by atoms with Gasteiger partial charge in [0.1, 0.15) is 0 Å². The van der Waals surface area contributed by atoms with Crippen LogP contribution in [0.1, 0.15) is 36.1 Å². The first kappa shape index (κ1) is 16.6. The zero-order valence-corrected chi connectivity index (χ0v) is 14.9. The van der Waals surface area contributed by atoms with Crippen molar-refractivity contribution in [2.24, 2.45) is 0 Å². The second kappa shape index (κ2) is 7.15. The Kier molecular flexibility index (Phi) is 4.56. The second-order valence-electron chi connectivity index (χ2n) is 6.88. The number of hydrogen-bond acceptors (Lipinski definition) is 3. The Balaban J connectivity index is 1.59. The number of rotatable bonds is 4. The van der Waals surface area contributed by atoms with Crippen LogP contribution in [0.4, 0.5) is 0 Å². The summed E-state index contributed by atoms with van der Waals surface area (Å²) < 4.78 is 3.75. The van der Waals surface area contributed by atoms with Gasteiger partial charge in [0.2, 0.25) is 0 Å². The summed E-state index contributed by atoms with van der Waals surface area (Å²) >= 11 is 0. The van der Waals surface area contributed by atoms with Gasteiger partial charge < -0.3 is 4.90 Å². The Morgan fingerprint density at radius 2 is 2.04 bits per heavy atom. The number of nitrogens with zero attached hydrogens (tertiary/aromatic N) is 5. The number of carbonyl (C=O) groups is 1. The molecule has 2 aromatic heterocycles. The Labute approximate surface area is 153 Å². The van der Waals surface area contributed by atoms with Crippen LogP contribution in [0, 0.1) is 6.92 Å². The van der Waals surface area contributed by atoms with E-state index in [0.29, 0.717) is 6.54 Å². The number of carbonyl (C=O) groups excluding carboxylic acids is 1. The molecular formula is C20H23N5O. The molecule has 134 valence electrons. The van der Waals surface area contributed by atoms with E-state index in [9.17, 15) is 4.79 Å². The number of amides is 1. The molecule has 6 nitrogen and oxygen atoms in total. The maximum Gasteiger partial charge on any atom is 0.252 e. The van der Waals surface area contributed by atoms with E-state index in [2.05, 4.69) is 16.4 Å². The average molecular weight is 349 g/mol. The lowest BCUT2D eigenvalue weighted by molar-refractivity contribution is -0.135. The molecule has 1 aliphatic rings. The highest BCUT2D eigenvalue weighted by Crippen LogP contribution is 2.26. The van der Waals surface area contributed by atoms with Gasteiger partial charge in [-0.15, -0.1) is 0 Å². The van der Waals surface area contributed by atoms with Gasteiger partial charge in [-0.3, -0.25) is 14.2 Å². The number of piperidine rings is 1. The minimum Gasteiger partial charge on any atom is -0.338 e. The quantitative estimate of drug-likeness (QED) is 0.728. The van der Waals surface area contributed by atoms with E-state index in [-0.39, 0.29) is 11.9 Å². The van der Waals surface area contributed by atoms with Crippen molar-refractivity contribution in [3.05, 3.63) is 72.3 Å². The first-order chi connectivity index (χ1) is 12.7. The summed E-state index contributed by atoms with van der Waals surface area (Å²) in [5, 5.41) is 8.79. The number of likely N-dealkylation sites (tertiary alicyclic amines) is 1. The van der Waals surface area contributed by atoms with Crippen molar-refractivity contribution in [3.63, 3.8) is 0 Å². The van der Waals surface area contributed by atoms with Gasteiger partial charge >= 0.3 is 0 Å². The summed E-state index contributed by atoms with van der Waals surface area (Å²) in [6, 6.07) is 11.5. The number of aromatic nitrogens is 4. The monoisotopic (exact) mass is 349 g/mol. The third kappa shape index (κ3) is 3.27. The summed E-state index contributed by atoms with van der Waals surface area (Å²) in [4.78, 5) is 15.4. The summed E-state index contributed by atoms with van der Waals surface area (Å²) in [5.74, 6) is 0.0912. The van der Waals surface area contributed by atoms with Crippen LogP contribution < -0.4 is 0 Å². The van der Waals surface area contributed by atoms with E-state index in [4.69, 9.17) is 0 Å². The van der Waals surface area contributed by atoms with Gasteiger partial charge in [-0.25, -0.2) is 0 Å². The lowest BCUT2D eigenvalue weighted by Crippen LogP contribution is -2.44. The number of hydrogen-bond donors (Lipinski definition) is 0. The lowest BCUT2D eigenvalue weighted by atomic mass is 10.0. The fraction of sp³-hybridized carbons (Fsp3) is 0.350. The van der Waals surface area contributed by atoms with Crippen molar-refractivity contribution >= 4 is 5.91 Å². The van der Waals surface area contributed by atoms with Gasteiger partial charge in [0.05, 0.1) is 12.2 Å². The minimum absolute atomic E-state index is 0.0912. The minimum atomic E-state index is -0.427. The molecular weight excluding hydrogens is 326 g/mol. The van der Waals surface area contributed by atoms with Crippen molar-refractivity contribution in [1.29, 1.82) is 0 Å². The molecule has 0 aliphatic carbocycles. The standard InChI is InChI=1S/C20H23N5O/c1-16-13-22-25(14-16)18-9-5-11-23(15-18)20(26)19(24-12-6-10-21-24)17-7-3-2-4-8-17/h2-4,6-8,10,12-14,18-19H,5,9,11,15H2,1H3/t18-,19-/m1/s1. The smallest absolute Gasteiger partial charge is 0.252 e. The fourth-order valence-corrected chi connectivity index (χ4v) is 3.65. The van der Waals surface area contributed by atoms with Crippen molar-refractivity contribution in [1.82, 2.24) is 24.5 Å². The van der Waals surface area contributed by atoms with Gasteiger partial charge in [0, 0.05) is 31.7 Å². The summed E-state index contributed by atoms with van der Waals surface area (Å²) in [6.45, 7) is 3.50. The van der Waals surface area contributed by atoms with E-state index < -0.39 is 6.04 Å². The molecule has 6 heteroatoms. The van der Waals surface area contributed by atoms with Crippen LogP contribution in [0.5, 0.6) is 0 Å². The molecule has 1 saturated heterocycles. The van der Waals surface area contributed by atoms with Gasteiger partial charge in [-0.2, -0.15) is 10.2 Å². The summed E-state index contributed by atoms with van der Waals surface area (Å²) in [5.41, 5.74) is 2.10. The van der Waals surface area contributed by atoms with E-state index in [1.165, 1.54) is 0 Å². The maximum absolute atomic E-state index is 13.4. The van der Waals surface area contributed by atoms with Crippen LogP contribution in [-0.4, -0.2) is 43.5 Å². The fourth-order valence-electron chi connectivity index (χ4n) is 3.65. The predicted molar refractivity (Wildman–Crippen MR) is 98.6 cm³/mol. The van der Waals surface area contributed by atoms with Gasteiger partial charge in [-0.05, 0) is 37.0 Å². The van der Waals surface area contributed by atoms with E-state index >= 15 is 0 Å². The molecule has 3 aromatic rings. The zero-order valence-electron chi connectivity index (χ0n) is 14.9. The van der Waals surface area contributed by atoms with Crippen molar-refractivity contribution in [2.75, 3.05) is 13.1 Å². The molecule has 1 fully saturated rings. The summed E-state index contributed by atoms with van der Waals surface area (Å²) in [6.07, 6.45) is 9.53. The lowest BCUT2D eigenvalue weighted by Gasteiger charge is -2.35. The molecule has 0 N–H and O–H groups in total. The van der Waals surface area contributed by atoms with E-state index in [1.54, 1.807) is 10.9 Å². The molecule has 2 atom stereocenters. The predicted octanol–water partition coefficient (Wildman–Crippen LogP) is 2.84. The normalized spacial score (nSPS) is 18.7. The molecule has 1 amide bonds.